The van der Waals surface area contributed by atoms with Crippen LogP contribution in [-0.2, 0) is 0 Å². The van der Waals surface area contributed by atoms with Gasteiger partial charge in [-0.2, -0.15) is 0 Å². The highest BCUT2D eigenvalue weighted by atomic mass is 14.3. The van der Waals surface area contributed by atoms with E-state index in [1.807, 2.05) is 0 Å². The Morgan fingerprint density at radius 1 is 0.524 bits per heavy atom. The quantitative estimate of drug-likeness (QED) is 0.197. The van der Waals surface area contributed by atoms with Crippen molar-refractivity contribution < 1.29 is 0 Å². The largest absolute Gasteiger partial charge is 0.0798 e. The number of allylic oxidation sites excluding steroid dienone is 4. The molecule has 0 saturated heterocycles. The molecule has 8 rings (SSSR count). The molecule has 0 heterocycles. The van der Waals surface area contributed by atoms with Crippen LogP contribution in [0.3, 0.4) is 0 Å². The third-order valence-electron chi connectivity index (χ3n) is 9.18. The predicted molar refractivity (Wildman–Crippen MR) is 180 cm³/mol. The molecule has 0 saturated carbocycles. The summed E-state index contributed by atoms with van der Waals surface area (Å²) in [5, 5.41) is 7.91. The van der Waals surface area contributed by atoms with Crippen LogP contribution in [-0.4, -0.2) is 0 Å². The van der Waals surface area contributed by atoms with E-state index >= 15 is 0 Å². The number of hydrogen-bond donors (Lipinski definition) is 0. The fourth-order valence-corrected chi connectivity index (χ4v) is 7.11. The average molecular weight is 537 g/mol. The Morgan fingerprint density at radius 2 is 1.10 bits per heavy atom. The van der Waals surface area contributed by atoms with Crippen LogP contribution >= 0.6 is 0 Å². The predicted octanol–water partition coefficient (Wildman–Crippen LogP) is 9.40. The first-order valence-corrected chi connectivity index (χ1v) is 14.9. The van der Waals surface area contributed by atoms with E-state index in [0.29, 0.717) is 0 Å². The van der Waals surface area contributed by atoms with Crippen molar-refractivity contribution in [1.29, 1.82) is 0 Å². The summed E-state index contributed by atoms with van der Waals surface area (Å²) < 4.78 is 0. The standard InChI is InChI=1S/C42H32/c1-26-15-19-29(20-16-26)39(30-21-17-27(2)18-22-30)37-24-23-31-25-38-35-12-5-4-10-33(35)34-11-6-7-13-36(34)42(38)40(31)41(37)32-14-8-9-28(32)3/h4-13,15-25H,14H2,1-3H3. The normalized spacial score (nSPS) is 13.5. The highest BCUT2D eigenvalue weighted by molar-refractivity contribution is 6.20. The van der Waals surface area contributed by atoms with Gasteiger partial charge < -0.3 is 0 Å². The maximum atomic E-state index is 2.43. The summed E-state index contributed by atoms with van der Waals surface area (Å²) in [5.41, 5.74) is 14.6. The molecular weight excluding hydrogens is 504 g/mol. The first-order valence-electron chi connectivity index (χ1n) is 14.9. The van der Waals surface area contributed by atoms with Crippen molar-refractivity contribution in [2.24, 2.45) is 0 Å². The smallest absolute Gasteiger partial charge is 0.00138 e. The van der Waals surface area contributed by atoms with Crippen molar-refractivity contribution in [3.8, 4) is 11.1 Å². The summed E-state index contributed by atoms with van der Waals surface area (Å²) in [6, 6.07) is 40.7. The number of aryl methyl sites for hydroxylation is 2. The maximum absolute atomic E-state index is 2.43. The number of hydrogen-bond acceptors (Lipinski definition) is 0. The Bertz CT molecular complexity index is 2210. The van der Waals surface area contributed by atoms with E-state index in [0.717, 1.165) is 6.42 Å². The minimum atomic E-state index is 0.950. The summed E-state index contributed by atoms with van der Waals surface area (Å²) in [6.45, 7) is 6.60. The summed E-state index contributed by atoms with van der Waals surface area (Å²) in [6.07, 6.45) is 8.00. The van der Waals surface area contributed by atoms with Crippen LogP contribution in [0.2, 0.25) is 0 Å². The zero-order valence-corrected chi connectivity index (χ0v) is 24.3. The van der Waals surface area contributed by atoms with Crippen LogP contribution < -0.4 is 10.4 Å². The second-order valence-electron chi connectivity index (χ2n) is 11.9. The van der Waals surface area contributed by atoms with E-state index < -0.39 is 0 Å². The van der Waals surface area contributed by atoms with Crippen LogP contribution in [0.4, 0.5) is 0 Å². The second kappa shape index (κ2) is 9.57. The molecule has 0 nitrogen and oxygen atoms in total. The van der Waals surface area contributed by atoms with Gasteiger partial charge in [0.2, 0.25) is 0 Å². The molecule has 0 bridgehead atoms. The van der Waals surface area contributed by atoms with E-state index in [1.54, 1.807) is 0 Å². The molecule has 2 aliphatic rings. The second-order valence-corrected chi connectivity index (χ2v) is 11.9. The van der Waals surface area contributed by atoms with Gasteiger partial charge in [-0.3, -0.25) is 0 Å². The molecule has 0 spiro atoms. The van der Waals surface area contributed by atoms with Gasteiger partial charge in [0.05, 0.1) is 0 Å². The summed E-state index contributed by atoms with van der Waals surface area (Å²) in [4.78, 5) is 0. The van der Waals surface area contributed by atoms with Crippen molar-refractivity contribution in [3.05, 3.63) is 171 Å². The SMILES string of the molecule is CC1=C(c2c3c(ccc2=C(c2ccc(C)cc2)c2ccc(C)cc2)=Cc2c-3c3ccccc3c3ccccc23)CC=C1. The summed E-state index contributed by atoms with van der Waals surface area (Å²) in [7, 11) is 0. The molecule has 0 heteroatoms. The van der Waals surface area contributed by atoms with Crippen molar-refractivity contribution in [1.82, 2.24) is 0 Å². The third kappa shape index (κ3) is 3.76. The Hall–Kier alpha value is -4.94. The Kier molecular flexibility index (Phi) is 5.66. The lowest BCUT2D eigenvalue weighted by Crippen LogP contribution is -2.21. The fourth-order valence-electron chi connectivity index (χ4n) is 7.11. The molecule has 0 radical (unpaired) electrons. The molecule has 0 aliphatic heterocycles. The van der Waals surface area contributed by atoms with Crippen molar-refractivity contribution in [2.75, 3.05) is 0 Å². The monoisotopic (exact) mass is 536 g/mol. The fraction of sp³-hybridized carbons (Fsp3) is 0.0952. The van der Waals surface area contributed by atoms with Gasteiger partial charge in [-0.05, 0) is 115 Å². The molecule has 0 aromatic heterocycles. The lowest BCUT2D eigenvalue weighted by molar-refractivity contribution is 1.35. The zero-order chi connectivity index (χ0) is 28.4. The van der Waals surface area contributed by atoms with E-state index in [1.165, 1.54) is 93.2 Å². The Morgan fingerprint density at radius 3 is 1.69 bits per heavy atom. The van der Waals surface area contributed by atoms with Crippen LogP contribution in [0.5, 0.6) is 0 Å². The zero-order valence-electron chi connectivity index (χ0n) is 24.3. The molecule has 0 atom stereocenters. The lowest BCUT2D eigenvalue weighted by atomic mass is 9.84. The molecule has 0 amide bonds. The maximum Gasteiger partial charge on any atom is -0.00138 e. The molecule has 0 fully saturated rings. The van der Waals surface area contributed by atoms with Gasteiger partial charge in [-0.25, -0.2) is 0 Å². The van der Waals surface area contributed by atoms with Crippen molar-refractivity contribution >= 4 is 38.8 Å². The topological polar surface area (TPSA) is 0 Å². The molecule has 42 heavy (non-hydrogen) atoms. The third-order valence-corrected chi connectivity index (χ3v) is 9.18. The summed E-state index contributed by atoms with van der Waals surface area (Å²) in [5.74, 6) is 0. The van der Waals surface area contributed by atoms with Gasteiger partial charge in [0.1, 0.15) is 0 Å². The minimum absolute atomic E-state index is 0.950. The van der Waals surface area contributed by atoms with Crippen molar-refractivity contribution in [3.63, 3.8) is 0 Å². The molecule has 200 valence electrons. The van der Waals surface area contributed by atoms with Gasteiger partial charge in [0.15, 0.2) is 0 Å². The van der Waals surface area contributed by atoms with Gasteiger partial charge in [-0.1, -0.05) is 132 Å². The minimum Gasteiger partial charge on any atom is -0.0798 e. The molecule has 0 N–H and O–H groups in total. The van der Waals surface area contributed by atoms with E-state index in [-0.39, 0.29) is 0 Å². The van der Waals surface area contributed by atoms with Gasteiger partial charge in [-0.15, -0.1) is 0 Å². The van der Waals surface area contributed by atoms with E-state index in [9.17, 15) is 0 Å². The van der Waals surface area contributed by atoms with E-state index in [2.05, 4.69) is 148 Å². The first kappa shape index (κ1) is 24.8. The van der Waals surface area contributed by atoms with Gasteiger partial charge in [0, 0.05) is 0 Å². The lowest BCUT2D eigenvalue weighted by Gasteiger charge is -2.19. The van der Waals surface area contributed by atoms with Gasteiger partial charge >= 0.3 is 0 Å². The highest BCUT2D eigenvalue weighted by Gasteiger charge is 2.26. The first-order chi connectivity index (χ1) is 20.6. The number of rotatable bonds is 3. The number of fused-ring (bicyclic) bond motifs is 8. The molecule has 2 aliphatic carbocycles. The summed E-state index contributed by atoms with van der Waals surface area (Å²) >= 11 is 0. The van der Waals surface area contributed by atoms with Crippen LogP contribution in [0.15, 0.2) is 127 Å². The van der Waals surface area contributed by atoms with Gasteiger partial charge in [0.25, 0.3) is 0 Å². The van der Waals surface area contributed by atoms with E-state index in [4.69, 9.17) is 0 Å². The van der Waals surface area contributed by atoms with Crippen LogP contribution in [0.25, 0.3) is 49.9 Å². The molecule has 0 unspecified atom stereocenters. The van der Waals surface area contributed by atoms with Crippen molar-refractivity contribution in [2.45, 2.75) is 27.2 Å². The Labute approximate surface area is 247 Å². The number of benzene rings is 6. The van der Waals surface area contributed by atoms with Crippen LogP contribution in [0, 0.1) is 13.8 Å². The molecular formula is C42H32. The molecule has 6 aromatic rings. The Balaban J connectivity index is 1.59. The van der Waals surface area contributed by atoms with Crippen LogP contribution in [0.1, 0.15) is 46.7 Å². The molecule has 6 aromatic carbocycles. The highest BCUT2D eigenvalue weighted by Crippen LogP contribution is 2.44. The average Bonchev–Trinajstić information content (AvgIpc) is 3.63.